The van der Waals surface area contributed by atoms with E-state index in [1.54, 1.807) is 0 Å². The lowest BCUT2D eigenvalue weighted by atomic mass is 9.97. The van der Waals surface area contributed by atoms with E-state index in [2.05, 4.69) is 45.9 Å². The maximum Gasteiger partial charge on any atom is 0.121 e. The van der Waals surface area contributed by atoms with Gasteiger partial charge in [0, 0.05) is 0 Å². The number of benzene rings is 1. The molecule has 0 atom stereocenters. The van der Waals surface area contributed by atoms with Gasteiger partial charge in [-0.05, 0) is 48.6 Å². The van der Waals surface area contributed by atoms with Crippen LogP contribution in [-0.4, -0.2) is 5.11 Å². The summed E-state index contributed by atoms with van der Waals surface area (Å²) in [6.07, 6.45) is 6.81. The van der Waals surface area contributed by atoms with Crippen molar-refractivity contribution in [1.82, 2.24) is 0 Å². The molecule has 19 heavy (non-hydrogen) atoms. The SMILES string of the molecule is CC(C)CCCc1cccc(CCCC(C)C)c1O. The maximum atomic E-state index is 10.3. The minimum absolute atomic E-state index is 0.551. The lowest BCUT2D eigenvalue weighted by Gasteiger charge is -2.11. The first-order chi connectivity index (χ1) is 9.00. The Kier molecular flexibility index (Phi) is 6.97. The number of aromatic hydroxyl groups is 1. The molecule has 0 aliphatic heterocycles. The molecule has 1 N–H and O–H groups in total. The van der Waals surface area contributed by atoms with Crippen LogP contribution in [-0.2, 0) is 12.8 Å². The van der Waals surface area contributed by atoms with Crippen molar-refractivity contribution in [2.45, 2.75) is 66.2 Å². The second-order valence-corrected chi connectivity index (χ2v) is 6.50. The van der Waals surface area contributed by atoms with Gasteiger partial charge in [-0.2, -0.15) is 0 Å². The molecule has 1 nitrogen and oxygen atoms in total. The van der Waals surface area contributed by atoms with Gasteiger partial charge in [-0.3, -0.25) is 0 Å². The maximum absolute atomic E-state index is 10.3. The summed E-state index contributed by atoms with van der Waals surface area (Å²) in [4.78, 5) is 0. The summed E-state index contributed by atoms with van der Waals surface area (Å²) in [6.45, 7) is 9.01. The van der Waals surface area contributed by atoms with Crippen molar-refractivity contribution < 1.29 is 5.11 Å². The van der Waals surface area contributed by atoms with E-state index >= 15 is 0 Å². The van der Waals surface area contributed by atoms with E-state index in [1.165, 1.54) is 25.7 Å². The summed E-state index contributed by atoms with van der Waals surface area (Å²) >= 11 is 0. The van der Waals surface area contributed by atoms with Crippen molar-refractivity contribution in [3.63, 3.8) is 0 Å². The van der Waals surface area contributed by atoms with Crippen LogP contribution in [0.25, 0.3) is 0 Å². The predicted molar refractivity (Wildman–Crippen MR) is 83.7 cm³/mol. The van der Waals surface area contributed by atoms with E-state index in [-0.39, 0.29) is 0 Å². The number of rotatable bonds is 8. The Morgan fingerprint density at radius 1 is 0.842 bits per heavy atom. The highest BCUT2D eigenvalue weighted by Gasteiger charge is 2.07. The van der Waals surface area contributed by atoms with Crippen molar-refractivity contribution in [2.24, 2.45) is 11.8 Å². The summed E-state index contributed by atoms with van der Waals surface area (Å²) in [6, 6.07) is 6.23. The van der Waals surface area contributed by atoms with E-state index in [1.807, 2.05) is 0 Å². The summed E-state index contributed by atoms with van der Waals surface area (Å²) in [7, 11) is 0. The van der Waals surface area contributed by atoms with Crippen molar-refractivity contribution in [2.75, 3.05) is 0 Å². The molecule has 0 aromatic heterocycles. The van der Waals surface area contributed by atoms with E-state index < -0.39 is 0 Å². The Morgan fingerprint density at radius 3 is 1.63 bits per heavy atom. The Morgan fingerprint density at radius 2 is 1.26 bits per heavy atom. The molecule has 0 aliphatic carbocycles. The molecule has 0 amide bonds. The van der Waals surface area contributed by atoms with Gasteiger partial charge in [-0.1, -0.05) is 58.7 Å². The van der Waals surface area contributed by atoms with Crippen LogP contribution in [0.1, 0.15) is 64.5 Å². The minimum Gasteiger partial charge on any atom is -0.507 e. The Hall–Kier alpha value is -0.980. The number of hydrogen-bond acceptors (Lipinski definition) is 1. The van der Waals surface area contributed by atoms with Gasteiger partial charge in [0.05, 0.1) is 0 Å². The standard InChI is InChI=1S/C18H30O/c1-14(2)8-5-10-16-12-7-13-17(18(16)19)11-6-9-15(3)4/h7,12-15,19H,5-6,8-11H2,1-4H3. The fourth-order valence-electron chi connectivity index (χ4n) is 2.45. The molecule has 0 aliphatic rings. The molecule has 0 saturated heterocycles. The Bertz CT molecular complexity index is 334. The lowest BCUT2D eigenvalue weighted by Crippen LogP contribution is -1.95. The van der Waals surface area contributed by atoms with Gasteiger partial charge in [0.25, 0.3) is 0 Å². The number of phenolic OH excluding ortho intramolecular Hbond substituents is 1. The molecule has 0 saturated carbocycles. The average molecular weight is 262 g/mol. The van der Waals surface area contributed by atoms with Crippen LogP contribution < -0.4 is 0 Å². The molecule has 1 aromatic carbocycles. The topological polar surface area (TPSA) is 20.2 Å². The van der Waals surface area contributed by atoms with Crippen molar-refractivity contribution in [3.8, 4) is 5.75 Å². The van der Waals surface area contributed by atoms with Gasteiger partial charge in [0.2, 0.25) is 0 Å². The first-order valence-corrected chi connectivity index (χ1v) is 7.80. The molecule has 0 fully saturated rings. The highest BCUT2D eigenvalue weighted by molar-refractivity contribution is 5.40. The molecule has 108 valence electrons. The van der Waals surface area contributed by atoms with Crippen LogP contribution >= 0.6 is 0 Å². The number of hydrogen-bond donors (Lipinski definition) is 1. The van der Waals surface area contributed by atoms with E-state index in [0.29, 0.717) is 5.75 Å². The zero-order valence-corrected chi connectivity index (χ0v) is 13.1. The molecular weight excluding hydrogens is 232 g/mol. The fraction of sp³-hybridized carbons (Fsp3) is 0.667. The van der Waals surface area contributed by atoms with Crippen molar-refractivity contribution >= 4 is 0 Å². The number of aryl methyl sites for hydroxylation is 2. The number of para-hydroxylation sites is 1. The van der Waals surface area contributed by atoms with Crippen molar-refractivity contribution in [1.29, 1.82) is 0 Å². The van der Waals surface area contributed by atoms with E-state index in [0.717, 1.165) is 35.8 Å². The van der Waals surface area contributed by atoms with Crippen molar-refractivity contribution in [3.05, 3.63) is 29.3 Å². The second-order valence-electron chi connectivity index (χ2n) is 6.50. The van der Waals surface area contributed by atoms with Crippen LogP contribution in [0.5, 0.6) is 5.75 Å². The molecule has 0 bridgehead atoms. The zero-order valence-electron chi connectivity index (χ0n) is 13.1. The van der Waals surface area contributed by atoms with Crippen LogP contribution in [0.4, 0.5) is 0 Å². The average Bonchev–Trinajstić information content (AvgIpc) is 2.32. The van der Waals surface area contributed by atoms with Gasteiger partial charge in [-0.15, -0.1) is 0 Å². The molecule has 0 spiro atoms. The fourth-order valence-corrected chi connectivity index (χ4v) is 2.45. The van der Waals surface area contributed by atoms with Crippen LogP contribution in [0.15, 0.2) is 18.2 Å². The molecule has 1 aromatic rings. The second kappa shape index (κ2) is 8.24. The molecule has 0 radical (unpaired) electrons. The molecule has 1 rings (SSSR count). The third-order valence-electron chi connectivity index (χ3n) is 3.66. The van der Waals surface area contributed by atoms with E-state index in [9.17, 15) is 5.11 Å². The molecular formula is C18H30O. The van der Waals surface area contributed by atoms with Gasteiger partial charge < -0.3 is 5.11 Å². The lowest BCUT2D eigenvalue weighted by molar-refractivity contribution is 0.453. The quantitative estimate of drug-likeness (QED) is 0.669. The normalized spacial score (nSPS) is 11.5. The van der Waals surface area contributed by atoms with Gasteiger partial charge >= 0.3 is 0 Å². The smallest absolute Gasteiger partial charge is 0.121 e. The zero-order chi connectivity index (χ0) is 14.3. The molecule has 0 heterocycles. The Labute approximate surface area is 119 Å². The van der Waals surface area contributed by atoms with E-state index in [4.69, 9.17) is 0 Å². The van der Waals surface area contributed by atoms with Gasteiger partial charge in [-0.25, -0.2) is 0 Å². The van der Waals surface area contributed by atoms with Crippen LogP contribution in [0.3, 0.4) is 0 Å². The highest BCUT2D eigenvalue weighted by atomic mass is 16.3. The number of phenols is 1. The van der Waals surface area contributed by atoms with Crippen LogP contribution in [0.2, 0.25) is 0 Å². The Balaban J connectivity index is 2.54. The predicted octanol–water partition coefficient (Wildman–Crippen LogP) is 5.35. The summed E-state index contributed by atoms with van der Waals surface area (Å²) in [5, 5.41) is 10.3. The summed E-state index contributed by atoms with van der Waals surface area (Å²) in [5.74, 6) is 2.04. The molecule has 0 unspecified atom stereocenters. The molecule has 1 heteroatoms. The summed E-state index contributed by atoms with van der Waals surface area (Å²) in [5.41, 5.74) is 2.25. The monoisotopic (exact) mass is 262 g/mol. The highest BCUT2D eigenvalue weighted by Crippen LogP contribution is 2.26. The minimum atomic E-state index is 0.551. The summed E-state index contributed by atoms with van der Waals surface area (Å²) < 4.78 is 0. The largest absolute Gasteiger partial charge is 0.507 e. The van der Waals surface area contributed by atoms with Crippen LogP contribution in [0, 0.1) is 11.8 Å². The third-order valence-corrected chi connectivity index (χ3v) is 3.66. The van der Waals surface area contributed by atoms with Gasteiger partial charge in [0.1, 0.15) is 5.75 Å². The first kappa shape index (κ1) is 16.1. The first-order valence-electron chi connectivity index (χ1n) is 7.80. The van der Waals surface area contributed by atoms with Gasteiger partial charge in [0.15, 0.2) is 0 Å². The third kappa shape index (κ3) is 6.13.